The average molecular weight is 198 g/mol. The molecule has 1 N–H and O–H groups in total. The molecule has 0 spiro atoms. The molecular weight excluding hydrogens is 183 g/mol. The smallest absolute Gasteiger partial charge is 0.218 e. The van der Waals surface area contributed by atoms with Crippen LogP contribution in [0.4, 0.5) is 4.39 Å². The van der Waals surface area contributed by atoms with Gasteiger partial charge in [0.05, 0.1) is 13.3 Å². The second-order valence-electron chi connectivity index (χ2n) is 3.14. The molecule has 1 aliphatic heterocycles. The Morgan fingerprint density at radius 3 is 3.29 bits per heavy atom. The fraction of sp³-hybridized carbons (Fsp3) is 0.500. The molecule has 1 aromatic rings. The van der Waals surface area contributed by atoms with Crippen molar-refractivity contribution in [3.63, 3.8) is 0 Å². The maximum absolute atomic E-state index is 13.1. The molecule has 1 aliphatic rings. The van der Waals surface area contributed by atoms with Gasteiger partial charge in [0.2, 0.25) is 5.88 Å². The maximum atomic E-state index is 13.1. The Bertz CT molecular complexity index is 400. The third-order valence-corrected chi connectivity index (χ3v) is 2.24. The minimum atomic E-state index is -1.26. The van der Waals surface area contributed by atoms with Gasteiger partial charge in [-0.2, -0.15) is 0 Å². The number of hydrogen-bond acceptors (Lipinski definition) is 3. The molecule has 0 radical (unpaired) electrons. The van der Waals surface area contributed by atoms with Gasteiger partial charge in [0.15, 0.2) is 0 Å². The normalized spacial score (nSPS) is 26.9. The largest absolute Gasteiger partial charge is 0.481 e. The van der Waals surface area contributed by atoms with Gasteiger partial charge < -0.3 is 10.1 Å². The summed E-state index contributed by atoms with van der Waals surface area (Å²) < 4.78 is 33.3. The number of nitrogens with zero attached hydrogens (tertiary/aromatic N) is 1. The fourth-order valence-electron chi connectivity index (χ4n) is 1.57. The number of ether oxygens (including phenoxy) is 1. The molecule has 1 saturated heterocycles. The van der Waals surface area contributed by atoms with Crippen LogP contribution in [0.25, 0.3) is 0 Å². The molecule has 0 saturated carbocycles. The van der Waals surface area contributed by atoms with Crippen LogP contribution < -0.4 is 10.1 Å². The fourth-order valence-corrected chi connectivity index (χ4v) is 1.57. The van der Waals surface area contributed by atoms with Crippen molar-refractivity contribution in [2.24, 2.45) is 0 Å². The summed E-state index contributed by atoms with van der Waals surface area (Å²) in [6.45, 7) is 0.261. The molecule has 1 aromatic heterocycles. The zero-order valence-electron chi connectivity index (χ0n) is 9.88. The summed E-state index contributed by atoms with van der Waals surface area (Å²) in [5, 5.41) is 3.00. The summed E-state index contributed by atoms with van der Waals surface area (Å²) in [5.41, 5.74) is 0.573. The van der Waals surface area contributed by atoms with E-state index in [4.69, 9.17) is 7.48 Å². The van der Waals surface area contributed by atoms with Gasteiger partial charge in [0.25, 0.3) is 0 Å². The highest BCUT2D eigenvalue weighted by atomic mass is 19.1. The van der Waals surface area contributed by atoms with Gasteiger partial charge in [0.1, 0.15) is 5.82 Å². The van der Waals surface area contributed by atoms with Gasteiger partial charge in [-0.15, -0.1) is 0 Å². The second-order valence-corrected chi connectivity index (χ2v) is 3.14. The first kappa shape index (κ1) is 7.17. The third kappa shape index (κ3) is 1.70. The quantitative estimate of drug-likeness (QED) is 0.784. The first-order valence-electron chi connectivity index (χ1n) is 5.45. The zero-order chi connectivity index (χ0) is 11.8. The first-order valence-corrected chi connectivity index (χ1v) is 4.45. The van der Waals surface area contributed by atoms with E-state index in [1.807, 2.05) is 0 Å². The van der Waals surface area contributed by atoms with Crippen LogP contribution in [-0.4, -0.2) is 18.6 Å². The highest BCUT2D eigenvalue weighted by Gasteiger charge is 2.21. The van der Waals surface area contributed by atoms with Gasteiger partial charge in [-0.05, 0) is 25.4 Å². The Labute approximate surface area is 85.1 Å². The van der Waals surface area contributed by atoms with Gasteiger partial charge in [-0.25, -0.2) is 9.37 Å². The predicted octanol–water partition coefficient (Wildman–Crippen LogP) is 1.65. The molecule has 1 fully saturated rings. The lowest BCUT2D eigenvalue weighted by atomic mass is 10.1. The average Bonchev–Trinajstić information content (AvgIpc) is 2.59. The molecule has 2 heterocycles. The Morgan fingerprint density at radius 1 is 1.79 bits per heavy atom. The van der Waals surface area contributed by atoms with Gasteiger partial charge >= 0.3 is 0 Å². The number of rotatable bonds is 2. The van der Waals surface area contributed by atoms with E-state index in [1.165, 1.54) is 13.2 Å². The highest BCUT2D eigenvalue weighted by molar-refractivity contribution is 5.30. The van der Waals surface area contributed by atoms with E-state index in [-0.39, 0.29) is 12.6 Å². The van der Waals surface area contributed by atoms with E-state index in [0.29, 0.717) is 17.9 Å². The summed E-state index contributed by atoms with van der Waals surface area (Å²) in [5.74, 6) is -0.0957. The van der Waals surface area contributed by atoms with Crippen molar-refractivity contribution in [2.45, 2.75) is 18.8 Å². The van der Waals surface area contributed by atoms with Crippen LogP contribution in [0.15, 0.2) is 12.3 Å². The molecule has 1 unspecified atom stereocenters. The number of hydrogen-bond donors (Lipinski definition) is 1. The minimum Gasteiger partial charge on any atom is -0.481 e. The molecule has 0 aromatic carbocycles. The van der Waals surface area contributed by atoms with E-state index in [0.717, 1.165) is 6.20 Å². The summed E-state index contributed by atoms with van der Waals surface area (Å²) in [6, 6.07) is 1.10. The highest BCUT2D eigenvalue weighted by Crippen LogP contribution is 2.29. The van der Waals surface area contributed by atoms with E-state index in [9.17, 15) is 4.39 Å². The lowest BCUT2D eigenvalue weighted by Gasteiger charge is -2.13. The van der Waals surface area contributed by atoms with Crippen LogP contribution in [0.1, 0.15) is 27.1 Å². The molecule has 4 heteroatoms. The summed E-state index contributed by atoms with van der Waals surface area (Å²) >= 11 is 0. The number of methoxy groups -OCH3 is 1. The lowest BCUT2D eigenvalue weighted by Crippen LogP contribution is -2.14. The van der Waals surface area contributed by atoms with Gasteiger partial charge in [-0.1, -0.05) is 0 Å². The Hall–Kier alpha value is -1.16. The molecule has 1 atom stereocenters. The molecule has 14 heavy (non-hydrogen) atoms. The van der Waals surface area contributed by atoms with E-state index >= 15 is 0 Å². The lowest BCUT2D eigenvalue weighted by molar-refractivity contribution is 0.383. The molecular formula is C10H13FN2O. The van der Waals surface area contributed by atoms with Crippen molar-refractivity contribution in [3.8, 4) is 5.88 Å². The van der Waals surface area contributed by atoms with Crippen molar-refractivity contribution in [3.05, 3.63) is 23.6 Å². The molecule has 0 aliphatic carbocycles. The van der Waals surface area contributed by atoms with Crippen molar-refractivity contribution in [1.29, 1.82) is 0 Å². The van der Waals surface area contributed by atoms with E-state index in [2.05, 4.69) is 10.3 Å². The van der Waals surface area contributed by atoms with Crippen LogP contribution in [-0.2, 0) is 0 Å². The summed E-state index contributed by atoms with van der Waals surface area (Å²) in [7, 11) is 1.47. The monoisotopic (exact) mass is 198 g/mol. The summed E-state index contributed by atoms with van der Waals surface area (Å²) in [4.78, 5) is 3.83. The Kier molecular flexibility index (Phi) is 2.01. The van der Waals surface area contributed by atoms with Crippen LogP contribution in [0.2, 0.25) is 0 Å². The van der Waals surface area contributed by atoms with Crippen molar-refractivity contribution in [1.82, 2.24) is 10.3 Å². The van der Waals surface area contributed by atoms with Crippen molar-refractivity contribution < 1.29 is 11.9 Å². The first-order chi connectivity index (χ1) is 7.52. The Balaban J connectivity index is 2.30. The van der Waals surface area contributed by atoms with Crippen LogP contribution >= 0.6 is 0 Å². The number of pyridine rings is 1. The van der Waals surface area contributed by atoms with Gasteiger partial charge in [-0.3, -0.25) is 0 Å². The van der Waals surface area contributed by atoms with E-state index in [1.54, 1.807) is 0 Å². The third-order valence-electron chi connectivity index (χ3n) is 2.24. The topological polar surface area (TPSA) is 34.2 Å². The number of nitrogens with one attached hydrogen (secondary N) is 1. The number of aromatic nitrogens is 1. The van der Waals surface area contributed by atoms with Crippen LogP contribution in [0.3, 0.4) is 0 Å². The predicted molar refractivity (Wildman–Crippen MR) is 50.7 cm³/mol. The maximum Gasteiger partial charge on any atom is 0.218 e. The standard InChI is InChI=1S/C10H13FN2O/c1-14-10-8(5-7(11)6-13-10)9-3-2-4-12-9/h5-6,9,12H,2-4H2,1H3/i2D2. The van der Waals surface area contributed by atoms with Crippen LogP contribution in [0, 0.1) is 5.82 Å². The molecule has 76 valence electrons. The van der Waals surface area contributed by atoms with E-state index < -0.39 is 12.2 Å². The molecule has 0 bridgehead atoms. The minimum absolute atomic E-state index is 0.242. The van der Waals surface area contributed by atoms with Gasteiger partial charge in [0, 0.05) is 14.3 Å². The Morgan fingerprint density at radius 2 is 2.64 bits per heavy atom. The summed E-state index contributed by atoms with van der Waals surface area (Å²) in [6.07, 6.45) is 0.127. The molecule has 2 rings (SSSR count). The number of halogens is 1. The van der Waals surface area contributed by atoms with Crippen molar-refractivity contribution >= 4 is 0 Å². The van der Waals surface area contributed by atoms with Crippen molar-refractivity contribution in [2.75, 3.05) is 13.7 Å². The SMILES string of the molecule is [2H]C1([2H])CNC(c2cc(F)cnc2OC)C1. The zero-order valence-corrected chi connectivity index (χ0v) is 7.88. The van der Waals surface area contributed by atoms with Crippen LogP contribution in [0.5, 0.6) is 5.88 Å². The molecule has 3 nitrogen and oxygen atoms in total. The second kappa shape index (κ2) is 3.92. The molecule has 0 amide bonds.